The van der Waals surface area contributed by atoms with Crippen LogP contribution in [0.2, 0.25) is 0 Å². The molecule has 1 aliphatic rings. The molecule has 1 aliphatic carbocycles. The van der Waals surface area contributed by atoms with E-state index in [0.29, 0.717) is 6.42 Å². The van der Waals surface area contributed by atoms with E-state index in [1.165, 1.54) is 24.0 Å². The Labute approximate surface area is 117 Å². The number of carbonyl (C=O) groups is 1. The van der Waals surface area contributed by atoms with Crippen molar-refractivity contribution in [3.8, 4) is 0 Å². The molecule has 0 bridgehead atoms. The first kappa shape index (κ1) is 14.4. The quantitative estimate of drug-likeness (QED) is 0.284. The molecule has 0 saturated carbocycles. The Morgan fingerprint density at radius 3 is 2.85 bits per heavy atom. The van der Waals surface area contributed by atoms with Gasteiger partial charge in [-0.1, -0.05) is 23.3 Å². The number of benzene rings is 1. The molecule has 2 rings (SSSR count). The van der Waals surface area contributed by atoms with Gasteiger partial charge in [0.1, 0.15) is 0 Å². The summed E-state index contributed by atoms with van der Waals surface area (Å²) >= 11 is 0. The zero-order valence-electron chi connectivity index (χ0n) is 11.2. The number of rotatable bonds is 5. The Balaban J connectivity index is 2.09. The maximum absolute atomic E-state index is 11.2. The van der Waals surface area contributed by atoms with Gasteiger partial charge in [0, 0.05) is 11.3 Å². The van der Waals surface area contributed by atoms with Crippen LogP contribution in [0.25, 0.3) is 10.4 Å². The van der Waals surface area contributed by atoms with Crippen LogP contribution in [0, 0.1) is 0 Å². The number of nitrogens with one attached hydrogen (secondary N) is 1. The van der Waals surface area contributed by atoms with Gasteiger partial charge in [-0.05, 0) is 54.3 Å². The minimum absolute atomic E-state index is 0.0162. The monoisotopic (exact) mass is 274 g/mol. The van der Waals surface area contributed by atoms with Crippen molar-refractivity contribution in [3.05, 3.63) is 45.3 Å². The molecular weight excluding hydrogens is 256 g/mol. The Morgan fingerprint density at radius 2 is 2.15 bits per heavy atom. The highest BCUT2D eigenvalue weighted by atomic mass is 16.5. The van der Waals surface area contributed by atoms with Crippen LogP contribution in [0.5, 0.6) is 0 Å². The summed E-state index contributed by atoms with van der Waals surface area (Å²) in [6, 6.07) is 5.82. The fourth-order valence-corrected chi connectivity index (χ4v) is 2.67. The summed E-state index contributed by atoms with van der Waals surface area (Å²) in [5.41, 5.74) is 13.9. The lowest BCUT2D eigenvalue weighted by atomic mass is 9.89. The summed E-state index contributed by atoms with van der Waals surface area (Å²) < 4.78 is 0. The molecule has 6 heteroatoms. The fourth-order valence-electron chi connectivity index (χ4n) is 2.67. The summed E-state index contributed by atoms with van der Waals surface area (Å²) in [7, 11) is 0. The number of nitrogens with zero attached hydrogens (tertiary/aromatic N) is 3. The van der Waals surface area contributed by atoms with E-state index < -0.39 is 11.9 Å². The number of aryl methyl sites for hydroxylation is 2. The number of hydroxylamine groups is 1. The SMILES string of the molecule is [N-]=[N+]=N[C@@H](CC(=O)NO)Cc1ccc2c(c1)CCCC2. The molecule has 1 atom stereocenters. The summed E-state index contributed by atoms with van der Waals surface area (Å²) in [6.07, 6.45) is 5.16. The molecule has 106 valence electrons. The van der Waals surface area contributed by atoms with Gasteiger partial charge in [0.05, 0.1) is 6.04 Å². The highest BCUT2D eigenvalue weighted by molar-refractivity contribution is 5.75. The van der Waals surface area contributed by atoms with Gasteiger partial charge in [-0.3, -0.25) is 10.0 Å². The highest BCUT2D eigenvalue weighted by Gasteiger charge is 2.15. The van der Waals surface area contributed by atoms with Gasteiger partial charge >= 0.3 is 0 Å². The largest absolute Gasteiger partial charge is 0.289 e. The van der Waals surface area contributed by atoms with Gasteiger partial charge in [0.25, 0.3) is 0 Å². The topological polar surface area (TPSA) is 98.1 Å². The first-order chi connectivity index (χ1) is 9.72. The average Bonchev–Trinajstić information content (AvgIpc) is 2.47. The standard InChI is InChI=1S/C14H18N4O2/c15-18-16-13(9-14(19)17-20)8-10-5-6-11-3-1-2-4-12(11)7-10/h5-7,13,20H,1-4,8-9H2,(H,17,19)/t13-/m1/s1. The van der Waals surface area contributed by atoms with E-state index in [0.717, 1.165) is 18.4 Å². The van der Waals surface area contributed by atoms with E-state index in [9.17, 15) is 4.79 Å². The Morgan fingerprint density at radius 1 is 1.40 bits per heavy atom. The number of azide groups is 1. The molecule has 20 heavy (non-hydrogen) atoms. The van der Waals surface area contributed by atoms with Gasteiger partial charge in [0.2, 0.25) is 5.91 Å². The van der Waals surface area contributed by atoms with E-state index in [1.54, 1.807) is 5.48 Å². The molecule has 0 spiro atoms. The molecule has 0 fully saturated rings. The smallest absolute Gasteiger partial charge is 0.243 e. The Hall–Kier alpha value is -2.04. The van der Waals surface area contributed by atoms with Crippen molar-refractivity contribution < 1.29 is 10.0 Å². The first-order valence-electron chi connectivity index (χ1n) is 6.80. The zero-order valence-corrected chi connectivity index (χ0v) is 11.2. The van der Waals surface area contributed by atoms with Crippen molar-refractivity contribution in [2.24, 2.45) is 5.11 Å². The molecule has 1 aromatic carbocycles. The second-order valence-corrected chi connectivity index (χ2v) is 5.11. The molecule has 0 unspecified atom stereocenters. The lowest BCUT2D eigenvalue weighted by molar-refractivity contribution is -0.129. The predicted molar refractivity (Wildman–Crippen MR) is 74.3 cm³/mol. The minimum Gasteiger partial charge on any atom is -0.289 e. The summed E-state index contributed by atoms with van der Waals surface area (Å²) in [6.45, 7) is 0. The van der Waals surface area contributed by atoms with E-state index in [-0.39, 0.29) is 6.42 Å². The molecule has 0 aliphatic heterocycles. The summed E-state index contributed by atoms with van der Waals surface area (Å²) in [5, 5.41) is 12.2. The lowest BCUT2D eigenvalue weighted by Gasteiger charge is -2.17. The minimum atomic E-state index is -0.541. The van der Waals surface area contributed by atoms with Gasteiger partial charge in [-0.2, -0.15) is 0 Å². The van der Waals surface area contributed by atoms with E-state index in [4.69, 9.17) is 10.7 Å². The van der Waals surface area contributed by atoms with Crippen LogP contribution in [-0.4, -0.2) is 17.2 Å². The highest BCUT2D eigenvalue weighted by Crippen LogP contribution is 2.23. The van der Waals surface area contributed by atoms with E-state index in [2.05, 4.69) is 22.2 Å². The predicted octanol–water partition coefficient (Wildman–Crippen LogP) is 2.68. The summed E-state index contributed by atoms with van der Waals surface area (Å²) in [4.78, 5) is 13.9. The van der Waals surface area contributed by atoms with Crippen LogP contribution < -0.4 is 5.48 Å². The second-order valence-electron chi connectivity index (χ2n) is 5.11. The lowest BCUT2D eigenvalue weighted by Crippen LogP contribution is -2.24. The normalized spacial score (nSPS) is 14.8. The fraction of sp³-hybridized carbons (Fsp3) is 0.500. The first-order valence-corrected chi connectivity index (χ1v) is 6.80. The van der Waals surface area contributed by atoms with Crippen LogP contribution in [0.1, 0.15) is 36.0 Å². The second kappa shape index (κ2) is 6.93. The van der Waals surface area contributed by atoms with Crippen LogP contribution in [0.4, 0.5) is 0 Å². The molecule has 2 N–H and O–H groups in total. The molecule has 0 saturated heterocycles. The van der Waals surface area contributed by atoms with Crippen molar-refractivity contribution in [1.29, 1.82) is 0 Å². The molecular formula is C14H18N4O2. The van der Waals surface area contributed by atoms with Gasteiger partial charge in [-0.15, -0.1) is 0 Å². The van der Waals surface area contributed by atoms with Crippen LogP contribution >= 0.6 is 0 Å². The molecule has 0 radical (unpaired) electrons. The summed E-state index contributed by atoms with van der Waals surface area (Å²) in [5.74, 6) is -0.541. The molecule has 6 nitrogen and oxygen atoms in total. The van der Waals surface area contributed by atoms with Crippen molar-refractivity contribution in [2.45, 2.75) is 44.6 Å². The van der Waals surface area contributed by atoms with Crippen molar-refractivity contribution >= 4 is 5.91 Å². The molecule has 1 amide bonds. The number of fused-ring (bicyclic) bond motifs is 1. The van der Waals surface area contributed by atoms with Gasteiger partial charge in [-0.25, -0.2) is 5.48 Å². The van der Waals surface area contributed by atoms with Gasteiger partial charge in [0.15, 0.2) is 0 Å². The zero-order chi connectivity index (χ0) is 14.4. The van der Waals surface area contributed by atoms with Crippen LogP contribution in [-0.2, 0) is 24.1 Å². The van der Waals surface area contributed by atoms with Crippen molar-refractivity contribution in [2.75, 3.05) is 0 Å². The maximum atomic E-state index is 11.2. The van der Waals surface area contributed by atoms with Gasteiger partial charge < -0.3 is 0 Å². The Kier molecular flexibility index (Phi) is 4.98. The third kappa shape index (κ3) is 3.73. The van der Waals surface area contributed by atoms with Crippen LogP contribution in [0.3, 0.4) is 0 Å². The maximum Gasteiger partial charge on any atom is 0.243 e. The number of hydrogen-bond donors (Lipinski definition) is 2. The molecule has 0 aromatic heterocycles. The molecule has 1 aromatic rings. The average molecular weight is 274 g/mol. The van der Waals surface area contributed by atoms with E-state index in [1.807, 2.05) is 6.07 Å². The number of carbonyl (C=O) groups excluding carboxylic acids is 1. The van der Waals surface area contributed by atoms with Crippen LogP contribution in [0.15, 0.2) is 23.3 Å². The van der Waals surface area contributed by atoms with Crippen molar-refractivity contribution in [1.82, 2.24) is 5.48 Å². The third-order valence-corrected chi connectivity index (χ3v) is 3.64. The third-order valence-electron chi connectivity index (χ3n) is 3.64. The molecule has 0 heterocycles. The number of hydrogen-bond acceptors (Lipinski definition) is 3. The number of amides is 1. The van der Waals surface area contributed by atoms with Crippen molar-refractivity contribution in [3.63, 3.8) is 0 Å². The Bertz CT molecular complexity index is 538. The van der Waals surface area contributed by atoms with E-state index >= 15 is 0 Å².